The van der Waals surface area contributed by atoms with Crippen molar-refractivity contribution in [3.63, 3.8) is 0 Å². The van der Waals surface area contributed by atoms with Crippen LogP contribution < -0.4 is 5.73 Å². The average molecular weight is 241 g/mol. The Kier molecular flexibility index (Phi) is 5.75. The van der Waals surface area contributed by atoms with Gasteiger partial charge in [-0.25, -0.2) is 0 Å². The van der Waals surface area contributed by atoms with Crippen molar-refractivity contribution in [1.29, 1.82) is 0 Å². The zero-order valence-corrected chi connectivity index (χ0v) is 10.9. The van der Waals surface area contributed by atoms with E-state index in [1.807, 2.05) is 0 Å². The second kappa shape index (κ2) is 7.34. The first-order valence-electron chi connectivity index (χ1n) is 7.27. The Morgan fingerprint density at radius 1 is 1.06 bits per heavy atom. The summed E-state index contributed by atoms with van der Waals surface area (Å²) in [7, 11) is 0. The highest BCUT2D eigenvalue weighted by Gasteiger charge is 2.21. The van der Waals surface area contributed by atoms with E-state index in [4.69, 9.17) is 15.2 Å². The van der Waals surface area contributed by atoms with Crippen molar-refractivity contribution < 1.29 is 9.47 Å². The van der Waals surface area contributed by atoms with Crippen LogP contribution in [0, 0.1) is 11.8 Å². The van der Waals surface area contributed by atoms with E-state index >= 15 is 0 Å². The van der Waals surface area contributed by atoms with Gasteiger partial charge in [-0.2, -0.15) is 0 Å². The van der Waals surface area contributed by atoms with E-state index in [0.717, 1.165) is 39.3 Å². The molecule has 0 bridgehead atoms. The Morgan fingerprint density at radius 3 is 2.47 bits per heavy atom. The van der Waals surface area contributed by atoms with E-state index < -0.39 is 0 Å². The maximum absolute atomic E-state index is 6.21. The second-order valence-electron chi connectivity index (χ2n) is 5.66. The number of ether oxygens (including phenoxy) is 2. The third-order valence-electron chi connectivity index (χ3n) is 4.26. The monoisotopic (exact) mass is 241 g/mol. The van der Waals surface area contributed by atoms with E-state index in [1.165, 1.54) is 32.1 Å². The average Bonchev–Trinajstić information content (AvgIpc) is 2.41. The topological polar surface area (TPSA) is 44.5 Å². The molecule has 0 aromatic rings. The zero-order chi connectivity index (χ0) is 11.9. The second-order valence-corrected chi connectivity index (χ2v) is 5.66. The minimum atomic E-state index is 0.259. The Morgan fingerprint density at radius 2 is 1.76 bits per heavy atom. The van der Waals surface area contributed by atoms with Crippen LogP contribution in [0.4, 0.5) is 0 Å². The number of hydrogen-bond donors (Lipinski definition) is 1. The Balaban J connectivity index is 1.57. The molecular formula is C14H27NO2. The van der Waals surface area contributed by atoms with E-state index in [2.05, 4.69) is 0 Å². The molecule has 1 aliphatic carbocycles. The molecule has 1 atom stereocenters. The lowest BCUT2D eigenvalue weighted by Gasteiger charge is -2.28. The van der Waals surface area contributed by atoms with Gasteiger partial charge >= 0.3 is 0 Å². The summed E-state index contributed by atoms with van der Waals surface area (Å²) in [6.45, 7) is 3.44. The summed E-state index contributed by atoms with van der Waals surface area (Å²) in [6.07, 6.45) is 9.03. The normalized spacial score (nSPS) is 25.9. The van der Waals surface area contributed by atoms with Gasteiger partial charge in [0.25, 0.3) is 0 Å². The third-order valence-corrected chi connectivity index (χ3v) is 4.26. The van der Waals surface area contributed by atoms with Gasteiger partial charge in [0.15, 0.2) is 0 Å². The van der Waals surface area contributed by atoms with Crippen molar-refractivity contribution >= 4 is 0 Å². The van der Waals surface area contributed by atoms with Crippen molar-refractivity contribution in [2.24, 2.45) is 17.6 Å². The fraction of sp³-hybridized carbons (Fsp3) is 1.00. The van der Waals surface area contributed by atoms with Gasteiger partial charge in [-0.05, 0) is 37.5 Å². The minimum absolute atomic E-state index is 0.259. The van der Waals surface area contributed by atoms with Gasteiger partial charge < -0.3 is 15.2 Å². The minimum Gasteiger partial charge on any atom is -0.381 e. The highest BCUT2D eigenvalue weighted by molar-refractivity contribution is 4.76. The fourth-order valence-electron chi connectivity index (χ4n) is 2.98. The van der Waals surface area contributed by atoms with Gasteiger partial charge in [-0.3, -0.25) is 0 Å². The molecule has 1 saturated heterocycles. The van der Waals surface area contributed by atoms with Crippen LogP contribution in [0.25, 0.3) is 0 Å². The standard InChI is InChI=1S/C14H27NO2/c15-14(13-4-2-1-3-5-13)11-17-10-12-6-8-16-9-7-12/h12-14H,1-11,15H2. The summed E-state index contributed by atoms with van der Waals surface area (Å²) >= 11 is 0. The molecule has 1 unspecified atom stereocenters. The molecule has 0 spiro atoms. The van der Waals surface area contributed by atoms with E-state index in [0.29, 0.717) is 11.8 Å². The van der Waals surface area contributed by atoms with Crippen molar-refractivity contribution in [3.05, 3.63) is 0 Å². The molecule has 2 rings (SSSR count). The van der Waals surface area contributed by atoms with Crippen molar-refractivity contribution in [2.45, 2.75) is 51.0 Å². The first-order valence-corrected chi connectivity index (χ1v) is 7.27. The molecule has 2 aliphatic rings. The summed E-state index contributed by atoms with van der Waals surface area (Å²) in [6, 6.07) is 0.259. The van der Waals surface area contributed by atoms with E-state index in [1.54, 1.807) is 0 Å². The largest absolute Gasteiger partial charge is 0.381 e. The molecule has 3 nitrogen and oxygen atoms in total. The number of nitrogens with two attached hydrogens (primary N) is 1. The molecule has 0 amide bonds. The predicted octanol–water partition coefficient (Wildman–Crippen LogP) is 2.34. The fourth-order valence-corrected chi connectivity index (χ4v) is 2.98. The van der Waals surface area contributed by atoms with Crippen LogP contribution in [-0.2, 0) is 9.47 Å². The summed E-state index contributed by atoms with van der Waals surface area (Å²) < 4.78 is 11.1. The highest BCUT2D eigenvalue weighted by Crippen LogP contribution is 2.26. The zero-order valence-electron chi connectivity index (χ0n) is 10.9. The Labute approximate surface area is 105 Å². The smallest absolute Gasteiger partial charge is 0.0620 e. The molecule has 1 aliphatic heterocycles. The van der Waals surface area contributed by atoms with Crippen LogP contribution in [0.15, 0.2) is 0 Å². The lowest BCUT2D eigenvalue weighted by atomic mass is 9.84. The third kappa shape index (κ3) is 4.57. The molecule has 2 N–H and O–H groups in total. The lowest BCUT2D eigenvalue weighted by Crippen LogP contribution is -2.36. The van der Waals surface area contributed by atoms with E-state index in [-0.39, 0.29) is 6.04 Å². The first kappa shape index (κ1) is 13.3. The maximum atomic E-state index is 6.21. The Bertz CT molecular complexity index is 198. The van der Waals surface area contributed by atoms with E-state index in [9.17, 15) is 0 Å². The SMILES string of the molecule is NC(COCC1CCOCC1)C1CCCCC1. The lowest BCUT2D eigenvalue weighted by molar-refractivity contribution is 0.0127. The van der Waals surface area contributed by atoms with Crippen LogP contribution >= 0.6 is 0 Å². The molecule has 1 saturated carbocycles. The molecular weight excluding hydrogens is 214 g/mol. The number of hydrogen-bond acceptors (Lipinski definition) is 3. The summed E-state index contributed by atoms with van der Waals surface area (Å²) in [4.78, 5) is 0. The first-order chi connectivity index (χ1) is 8.36. The Hall–Kier alpha value is -0.120. The van der Waals surface area contributed by atoms with Crippen molar-refractivity contribution in [1.82, 2.24) is 0 Å². The van der Waals surface area contributed by atoms with Gasteiger partial charge in [-0.15, -0.1) is 0 Å². The van der Waals surface area contributed by atoms with Crippen LogP contribution in [0.2, 0.25) is 0 Å². The molecule has 0 aromatic carbocycles. The van der Waals surface area contributed by atoms with Gasteiger partial charge in [-0.1, -0.05) is 19.3 Å². The van der Waals surface area contributed by atoms with Gasteiger partial charge in [0.2, 0.25) is 0 Å². The van der Waals surface area contributed by atoms with Gasteiger partial charge in [0, 0.05) is 25.9 Å². The molecule has 3 heteroatoms. The van der Waals surface area contributed by atoms with Crippen molar-refractivity contribution in [2.75, 3.05) is 26.4 Å². The maximum Gasteiger partial charge on any atom is 0.0620 e. The molecule has 0 radical (unpaired) electrons. The summed E-state index contributed by atoms with van der Waals surface area (Å²) in [5.74, 6) is 1.40. The molecule has 0 aromatic heterocycles. The highest BCUT2D eigenvalue weighted by atomic mass is 16.5. The van der Waals surface area contributed by atoms with Gasteiger partial charge in [0.05, 0.1) is 6.61 Å². The summed E-state index contributed by atoms with van der Waals surface area (Å²) in [5.41, 5.74) is 6.21. The van der Waals surface area contributed by atoms with Gasteiger partial charge in [0.1, 0.15) is 0 Å². The molecule has 100 valence electrons. The van der Waals surface area contributed by atoms with Crippen LogP contribution in [0.5, 0.6) is 0 Å². The van der Waals surface area contributed by atoms with Crippen LogP contribution in [0.3, 0.4) is 0 Å². The quantitative estimate of drug-likeness (QED) is 0.803. The summed E-state index contributed by atoms with van der Waals surface area (Å²) in [5, 5.41) is 0. The van der Waals surface area contributed by atoms with Crippen LogP contribution in [-0.4, -0.2) is 32.5 Å². The van der Waals surface area contributed by atoms with Crippen molar-refractivity contribution in [3.8, 4) is 0 Å². The number of rotatable bonds is 5. The predicted molar refractivity (Wildman–Crippen MR) is 68.9 cm³/mol. The molecule has 17 heavy (non-hydrogen) atoms. The molecule has 2 fully saturated rings. The molecule has 1 heterocycles. The van der Waals surface area contributed by atoms with Crippen LogP contribution in [0.1, 0.15) is 44.9 Å².